The van der Waals surface area contributed by atoms with Crippen molar-refractivity contribution in [2.24, 2.45) is 65.1 Å². The summed E-state index contributed by atoms with van der Waals surface area (Å²) in [4.78, 5) is 29.6. The predicted octanol–water partition coefficient (Wildman–Crippen LogP) is 7.10. The van der Waals surface area contributed by atoms with Crippen molar-refractivity contribution >= 4 is 93.2 Å². The highest BCUT2D eigenvalue weighted by Crippen LogP contribution is 2.54. The van der Waals surface area contributed by atoms with Gasteiger partial charge in [0.15, 0.2) is 0 Å². The van der Waals surface area contributed by atoms with E-state index < -0.39 is 70.9 Å². The van der Waals surface area contributed by atoms with Gasteiger partial charge >= 0.3 is 70.9 Å². The van der Waals surface area contributed by atoms with E-state index in [2.05, 4.69) is 109 Å². The average Bonchev–Trinajstić information content (AvgIpc) is 3.77. The van der Waals surface area contributed by atoms with Crippen molar-refractivity contribution in [3.05, 3.63) is 12.2 Å². The van der Waals surface area contributed by atoms with E-state index in [4.69, 9.17) is 49.4 Å². The van der Waals surface area contributed by atoms with Crippen molar-refractivity contribution < 1.29 is 59.0 Å². The summed E-state index contributed by atoms with van der Waals surface area (Å²) in [6.45, 7) is 30.4. The van der Waals surface area contributed by atoms with Gasteiger partial charge < -0.3 is 49.4 Å². The Morgan fingerprint density at radius 1 is 0.547 bits per heavy atom. The van der Waals surface area contributed by atoms with Crippen LogP contribution in [-0.4, -0.2) is 105 Å². The number of hydrogen-bond acceptors (Lipinski definition) is 14. The number of amides is 2. The summed E-state index contributed by atoms with van der Waals surface area (Å²) >= 11 is 0. The highest BCUT2D eigenvalue weighted by atomic mass is 28.6. The molecule has 0 N–H and O–H groups in total. The molecule has 0 aromatic rings. The third kappa shape index (κ3) is 11.1. The number of nitrogens with zero attached hydrogens (tertiary/aromatic N) is 1. The van der Waals surface area contributed by atoms with Gasteiger partial charge in [0.05, 0.1) is 11.8 Å². The van der Waals surface area contributed by atoms with Crippen LogP contribution in [0.25, 0.3) is 0 Å². The zero-order valence-corrected chi connectivity index (χ0v) is 51.7. The lowest BCUT2D eigenvalue weighted by Crippen LogP contribution is -2.84. The van der Waals surface area contributed by atoms with Gasteiger partial charge in [-0.1, -0.05) is 109 Å². The molecule has 5 heterocycles. The molecule has 2 aliphatic carbocycles. The SMILES string of the molecule is CC(C)C[SiH]1O[Si]2(CCCN3C(=O)C4C5C=CC(C5)C4C3=O)O[Si]3(CC(C)C)O[Si](CC(C)C)(O[SiH3])O[Si]4(CC(C)C)O[Si](CC(C)C)(O1)O[Si](CC(C)C)(O2)O[Si](CC(C)C)(O3)O4. The molecule has 0 radical (unpaired) electrons. The lowest BCUT2D eigenvalue weighted by Gasteiger charge is -2.60. The van der Waals surface area contributed by atoms with Crippen molar-refractivity contribution in [1.82, 2.24) is 4.90 Å². The second-order valence-electron chi connectivity index (χ2n) is 22.7. The number of imide groups is 1. The molecule has 7 rings (SSSR count). The van der Waals surface area contributed by atoms with E-state index in [0.717, 1.165) is 6.42 Å². The Hall–Kier alpha value is 0.352. The second-order valence-corrected chi connectivity index (χ2v) is 47.4. The fourth-order valence-corrected chi connectivity index (χ4v) is 60.6. The largest absolute Gasteiger partial charge is 0.479 e. The monoisotopic (exact) mass is 1050 g/mol. The molecule has 0 spiro atoms. The summed E-state index contributed by atoms with van der Waals surface area (Å²) in [6, 6.07) is 3.56. The Labute approximate surface area is 396 Å². The summed E-state index contributed by atoms with van der Waals surface area (Å²) in [6.07, 6.45) is 5.53. The topological polar surface area (TPSA) is 148 Å². The Morgan fingerprint density at radius 2 is 0.906 bits per heavy atom. The number of carbonyl (C=O) groups is 2. The van der Waals surface area contributed by atoms with Crippen molar-refractivity contribution in [2.75, 3.05) is 6.54 Å². The van der Waals surface area contributed by atoms with Crippen LogP contribution >= 0.6 is 0 Å². The molecule has 0 aromatic carbocycles. The van der Waals surface area contributed by atoms with E-state index in [1.54, 1.807) is 0 Å². The molecule has 7 aliphatic rings. The minimum Gasteiger partial charge on any atom is -0.425 e. The maximum atomic E-state index is 14.1. The van der Waals surface area contributed by atoms with Crippen molar-refractivity contribution in [3.8, 4) is 0 Å². The molecule has 0 aromatic heterocycles. The highest BCUT2D eigenvalue weighted by Gasteiger charge is 2.79. The molecule has 2 amide bonds. The van der Waals surface area contributed by atoms with Crippen LogP contribution in [0.15, 0.2) is 12.2 Å². The van der Waals surface area contributed by atoms with E-state index in [9.17, 15) is 9.59 Å². The number of hydrogen-bond donors (Lipinski definition) is 0. The van der Waals surface area contributed by atoms with Crippen LogP contribution in [0.4, 0.5) is 0 Å². The molecular formula is C40H81NO14Si9. The standard InChI is InChI=1S/C40H81NO14Si9/c1-28(2)21-57-45-58(19-15-18-41-39(42)37-35-16-17-36(20-35)38(37)40(41)43)47-61(24-31(7)8)49-59(44-56,22-29(3)4)50-63(26-33(11)12)52-60(46-57,23-30(5)6)51-62(48-58,25-32(9)10)54-64(53-61,55-63)27-34(13)14/h16-17,28-38,57H,15,18-27H2,1-14,56H3. The molecule has 8 bridgehead atoms. The van der Waals surface area contributed by atoms with Gasteiger partial charge in [-0.05, 0) is 72.1 Å². The van der Waals surface area contributed by atoms with Crippen LogP contribution in [0.3, 0.4) is 0 Å². The van der Waals surface area contributed by atoms with E-state index in [-0.39, 0.29) is 89.5 Å². The predicted molar refractivity (Wildman–Crippen MR) is 262 cm³/mol. The first-order valence-electron chi connectivity index (χ1n) is 24.6. The molecular weight excluding hydrogens is 971 g/mol. The van der Waals surface area contributed by atoms with Gasteiger partial charge in [0, 0.05) is 48.9 Å². The normalized spacial score (nSPS) is 42.0. The Balaban J connectivity index is 1.46. The third-order valence-electron chi connectivity index (χ3n) is 12.8. The van der Waals surface area contributed by atoms with E-state index in [1.807, 2.05) is 0 Å². The van der Waals surface area contributed by atoms with Gasteiger partial charge in [0.1, 0.15) is 10.5 Å². The minimum absolute atomic E-state index is 0.0424. The zero-order chi connectivity index (χ0) is 46.8. The summed E-state index contributed by atoms with van der Waals surface area (Å²) in [7, 11) is -30.6. The molecule has 12 unspecified atom stereocenters. The summed E-state index contributed by atoms with van der Waals surface area (Å²) in [5.41, 5.74) is 0. The molecule has 5 aliphatic heterocycles. The van der Waals surface area contributed by atoms with Gasteiger partial charge in [-0.15, -0.1) is 0 Å². The third-order valence-corrected chi connectivity index (χ3v) is 52.8. The smallest absolute Gasteiger partial charge is 0.425 e. The fourth-order valence-electron chi connectivity index (χ4n) is 11.1. The van der Waals surface area contributed by atoms with Gasteiger partial charge in [-0.2, -0.15) is 0 Å². The lowest BCUT2D eigenvalue weighted by molar-refractivity contribution is -0.140. The van der Waals surface area contributed by atoms with E-state index in [0.29, 0.717) is 59.2 Å². The minimum atomic E-state index is -4.14. The van der Waals surface area contributed by atoms with E-state index >= 15 is 0 Å². The van der Waals surface area contributed by atoms with Crippen LogP contribution in [0, 0.1) is 65.1 Å². The van der Waals surface area contributed by atoms with E-state index in [1.165, 1.54) is 4.90 Å². The molecule has 1 saturated carbocycles. The first-order valence-corrected chi connectivity index (χ1v) is 40.7. The summed E-state index contributed by atoms with van der Waals surface area (Å²) < 4.78 is 92.8. The van der Waals surface area contributed by atoms with Gasteiger partial charge in [0.2, 0.25) is 11.8 Å². The highest BCUT2D eigenvalue weighted by molar-refractivity contribution is 7.00. The first kappa shape index (κ1) is 52.2. The number of fused-ring (bicyclic) bond motifs is 9. The van der Waals surface area contributed by atoms with Crippen molar-refractivity contribution in [3.63, 3.8) is 0 Å². The maximum absolute atomic E-state index is 14.1. The molecule has 366 valence electrons. The van der Waals surface area contributed by atoms with Gasteiger partial charge in [-0.25, -0.2) is 0 Å². The van der Waals surface area contributed by atoms with Crippen LogP contribution in [0.2, 0.25) is 48.4 Å². The number of rotatable bonds is 19. The van der Waals surface area contributed by atoms with Gasteiger partial charge in [0.25, 0.3) is 0 Å². The quantitative estimate of drug-likeness (QED) is 0.0736. The zero-order valence-electron chi connectivity index (χ0n) is 41.5. The second kappa shape index (κ2) is 19.5. The van der Waals surface area contributed by atoms with Crippen LogP contribution < -0.4 is 0 Å². The van der Waals surface area contributed by atoms with Crippen molar-refractivity contribution in [2.45, 2.75) is 158 Å². The maximum Gasteiger partial charge on any atom is 0.479 e. The average molecular weight is 1050 g/mol. The lowest BCUT2D eigenvalue weighted by atomic mass is 9.85. The molecule has 12 atom stereocenters. The molecule has 6 fully saturated rings. The van der Waals surface area contributed by atoms with Crippen LogP contribution in [0.5, 0.6) is 0 Å². The number of carbonyl (C=O) groups excluding carboxylic acids is 2. The van der Waals surface area contributed by atoms with Crippen LogP contribution in [-0.2, 0) is 59.0 Å². The Morgan fingerprint density at radius 3 is 1.30 bits per heavy atom. The molecule has 15 nitrogen and oxygen atoms in total. The fraction of sp³-hybridized carbons (Fsp3) is 0.900. The number of likely N-dealkylation sites (tertiary alicyclic amines) is 1. The Kier molecular flexibility index (Phi) is 15.9. The Bertz CT molecular complexity index is 1700. The van der Waals surface area contributed by atoms with Gasteiger partial charge in [-0.3, -0.25) is 14.5 Å². The summed E-state index contributed by atoms with van der Waals surface area (Å²) in [5.74, 6) is 0.222. The first-order chi connectivity index (χ1) is 29.8. The molecule has 5 saturated heterocycles. The molecule has 24 heteroatoms. The van der Waals surface area contributed by atoms with Crippen molar-refractivity contribution in [1.29, 1.82) is 0 Å². The molecule has 64 heavy (non-hydrogen) atoms. The van der Waals surface area contributed by atoms with Crippen LogP contribution in [0.1, 0.15) is 110 Å². The summed E-state index contributed by atoms with van der Waals surface area (Å²) in [5, 5.41) is 0. The number of allylic oxidation sites excluding steroid dienone is 2.